The van der Waals surface area contributed by atoms with Gasteiger partial charge in [-0.2, -0.15) is 0 Å². The maximum absolute atomic E-state index is 4.28. The SMILES string of the molecule is Cc1cc(-c2nccs2)c(C)cn1. The van der Waals surface area contributed by atoms with Gasteiger partial charge in [0.25, 0.3) is 0 Å². The van der Waals surface area contributed by atoms with Crippen molar-refractivity contribution in [3.63, 3.8) is 0 Å². The molecule has 2 heterocycles. The van der Waals surface area contributed by atoms with Crippen LogP contribution in [0.15, 0.2) is 23.8 Å². The van der Waals surface area contributed by atoms with Crippen LogP contribution in [0, 0.1) is 13.8 Å². The first-order valence-corrected chi connectivity index (χ1v) is 4.98. The van der Waals surface area contributed by atoms with Gasteiger partial charge in [0.05, 0.1) is 0 Å². The van der Waals surface area contributed by atoms with E-state index in [0.29, 0.717) is 0 Å². The van der Waals surface area contributed by atoms with Crippen LogP contribution < -0.4 is 0 Å². The lowest BCUT2D eigenvalue weighted by Crippen LogP contribution is -1.87. The van der Waals surface area contributed by atoms with E-state index >= 15 is 0 Å². The number of nitrogens with zero attached hydrogens (tertiary/aromatic N) is 2. The summed E-state index contributed by atoms with van der Waals surface area (Å²) in [6.45, 7) is 4.06. The zero-order valence-corrected chi connectivity index (χ0v) is 8.43. The van der Waals surface area contributed by atoms with Gasteiger partial charge >= 0.3 is 0 Å². The van der Waals surface area contributed by atoms with E-state index in [-0.39, 0.29) is 0 Å². The molecule has 0 amide bonds. The first-order valence-electron chi connectivity index (χ1n) is 4.10. The summed E-state index contributed by atoms with van der Waals surface area (Å²) in [5.74, 6) is 0. The third-order valence-electron chi connectivity index (χ3n) is 1.90. The summed E-state index contributed by atoms with van der Waals surface area (Å²) >= 11 is 1.66. The van der Waals surface area contributed by atoms with E-state index in [9.17, 15) is 0 Å². The second kappa shape index (κ2) is 3.26. The third-order valence-corrected chi connectivity index (χ3v) is 2.71. The number of pyridine rings is 1. The summed E-state index contributed by atoms with van der Waals surface area (Å²) < 4.78 is 0. The number of aromatic nitrogens is 2. The van der Waals surface area contributed by atoms with Gasteiger partial charge < -0.3 is 0 Å². The minimum absolute atomic E-state index is 1.04. The van der Waals surface area contributed by atoms with Gasteiger partial charge in [-0.25, -0.2) is 4.98 Å². The molecule has 2 aromatic rings. The zero-order chi connectivity index (χ0) is 9.26. The van der Waals surface area contributed by atoms with Gasteiger partial charge in [0.15, 0.2) is 0 Å². The highest BCUT2D eigenvalue weighted by Crippen LogP contribution is 2.24. The Hall–Kier alpha value is -1.22. The van der Waals surface area contributed by atoms with Crippen LogP contribution in [-0.2, 0) is 0 Å². The molecule has 66 valence electrons. The number of thiazole rings is 1. The second-order valence-corrected chi connectivity index (χ2v) is 3.87. The van der Waals surface area contributed by atoms with Crippen LogP contribution in [0.25, 0.3) is 10.6 Å². The summed E-state index contributed by atoms with van der Waals surface area (Å²) in [6, 6.07) is 2.08. The lowest BCUT2D eigenvalue weighted by atomic mass is 10.1. The summed E-state index contributed by atoms with van der Waals surface area (Å²) in [6.07, 6.45) is 3.72. The molecule has 2 rings (SSSR count). The van der Waals surface area contributed by atoms with E-state index in [4.69, 9.17) is 0 Å². The molecule has 13 heavy (non-hydrogen) atoms. The monoisotopic (exact) mass is 190 g/mol. The summed E-state index contributed by atoms with van der Waals surface area (Å²) in [5, 5.41) is 3.06. The molecule has 0 radical (unpaired) electrons. The molecule has 0 aliphatic carbocycles. The molecule has 0 saturated carbocycles. The largest absolute Gasteiger partial charge is 0.261 e. The molecule has 0 bridgehead atoms. The van der Waals surface area contributed by atoms with Gasteiger partial charge in [0, 0.05) is 29.0 Å². The quantitative estimate of drug-likeness (QED) is 0.691. The molecule has 3 heteroatoms. The Morgan fingerprint density at radius 2 is 2.08 bits per heavy atom. The van der Waals surface area contributed by atoms with Crippen molar-refractivity contribution in [1.29, 1.82) is 0 Å². The van der Waals surface area contributed by atoms with Crippen LogP contribution >= 0.6 is 11.3 Å². The van der Waals surface area contributed by atoms with Gasteiger partial charge in [-0.05, 0) is 25.5 Å². The number of rotatable bonds is 1. The highest BCUT2D eigenvalue weighted by molar-refractivity contribution is 7.13. The summed E-state index contributed by atoms with van der Waals surface area (Å²) in [7, 11) is 0. The molecule has 0 aliphatic heterocycles. The second-order valence-electron chi connectivity index (χ2n) is 2.98. The zero-order valence-electron chi connectivity index (χ0n) is 7.61. The van der Waals surface area contributed by atoms with Crippen molar-refractivity contribution in [3.05, 3.63) is 35.1 Å². The molecule has 0 atom stereocenters. The molecule has 0 fully saturated rings. The molecule has 2 aromatic heterocycles. The number of aryl methyl sites for hydroxylation is 2. The molecule has 0 saturated heterocycles. The van der Waals surface area contributed by atoms with Gasteiger partial charge in [-0.1, -0.05) is 0 Å². The number of hydrogen-bond acceptors (Lipinski definition) is 3. The van der Waals surface area contributed by atoms with Crippen LogP contribution in [0.5, 0.6) is 0 Å². The fourth-order valence-electron chi connectivity index (χ4n) is 1.22. The Morgan fingerprint density at radius 3 is 2.77 bits per heavy atom. The van der Waals surface area contributed by atoms with Crippen LogP contribution in [0.3, 0.4) is 0 Å². The minimum atomic E-state index is 1.04. The van der Waals surface area contributed by atoms with Crippen LogP contribution in [0.1, 0.15) is 11.3 Å². The normalized spacial score (nSPS) is 10.3. The van der Waals surface area contributed by atoms with Crippen LogP contribution in [0.4, 0.5) is 0 Å². The Bertz CT molecular complexity index is 407. The van der Waals surface area contributed by atoms with Crippen LogP contribution in [-0.4, -0.2) is 9.97 Å². The number of hydrogen-bond donors (Lipinski definition) is 0. The maximum atomic E-state index is 4.28. The highest BCUT2D eigenvalue weighted by atomic mass is 32.1. The standard InChI is InChI=1S/C10H10N2S/c1-7-6-12-8(2)5-9(7)10-11-3-4-13-10/h3-6H,1-2H3. The predicted octanol–water partition coefficient (Wildman–Crippen LogP) is 2.82. The van der Waals surface area contributed by atoms with Gasteiger partial charge in [-0.3, -0.25) is 4.98 Å². The smallest absolute Gasteiger partial charge is 0.123 e. The Labute approximate surface area is 81.3 Å². The van der Waals surface area contributed by atoms with Gasteiger partial charge in [0.1, 0.15) is 5.01 Å². The van der Waals surface area contributed by atoms with E-state index in [2.05, 4.69) is 23.0 Å². The molecule has 0 N–H and O–H groups in total. The molecule has 0 spiro atoms. The minimum Gasteiger partial charge on any atom is -0.261 e. The average Bonchev–Trinajstić information content (AvgIpc) is 2.61. The lowest BCUT2D eigenvalue weighted by Gasteiger charge is -2.01. The Kier molecular flexibility index (Phi) is 2.10. The molecule has 0 aromatic carbocycles. The van der Waals surface area contributed by atoms with Crippen molar-refractivity contribution in [3.8, 4) is 10.6 Å². The van der Waals surface area contributed by atoms with E-state index in [1.165, 1.54) is 11.1 Å². The lowest BCUT2D eigenvalue weighted by molar-refractivity contribution is 1.17. The topological polar surface area (TPSA) is 25.8 Å². The van der Waals surface area contributed by atoms with Crippen molar-refractivity contribution >= 4 is 11.3 Å². The van der Waals surface area contributed by atoms with Gasteiger partial charge in [0.2, 0.25) is 0 Å². The molecule has 0 unspecified atom stereocenters. The van der Waals surface area contributed by atoms with Gasteiger partial charge in [-0.15, -0.1) is 11.3 Å². The summed E-state index contributed by atoms with van der Waals surface area (Å²) in [5.41, 5.74) is 3.42. The Morgan fingerprint density at radius 1 is 1.23 bits per heavy atom. The van der Waals surface area contributed by atoms with E-state index in [1.807, 2.05) is 24.7 Å². The first-order chi connectivity index (χ1) is 6.27. The molecular weight excluding hydrogens is 180 g/mol. The fourth-order valence-corrected chi connectivity index (χ4v) is 1.93. The highest BCUT2D eigenvalue weighted by Gasteiger charge is 2.04. The van der Waals surface area contributed by atoms with Crippen molar-refractivity contribution in [2.75, 3.05) is 0 Å². The maximum Gasteiger partial charge on any atom is 0.123 e. The molecular formula is C10H10N2S. The fraction of sp³-hybridized carbons (Fsp3) is 0.200. The predicted molar refractivity (Wildman–Crippen MR) is 54.8 cm³/mol. The molecule has 0 aliphatic rings. The average molecular weight is 190 g/mol. The van der Waals surface area contributed by atoms with Crippen molar-refractivity contribution in [2.24, 2.45) is 0 Å². The van der Waals surface area contributed by atoms with Crippen LogP contribution in [0.2, 0.25) is 0 Å². The summed E-state index contributed by atoms with van der Waals surface area (Å²) in [4.78, 5) is 8.51. The van der Waals surface area contributed by atoms with Crippen molar-refractivity contribution in [1.82, 2.24) is 9.97 Å². The van der Waals surface area contributed by atoms with E-state index < -0.39 is 0 Å². The Balaban J connectivity index is 2.57. The third kappa shape index (κ3) is 1.60. The molecule has 2 nitrogen and oxygen atoms in total. The van der Waals surface area contributed by atoms with E-state index in [0.717, 1.165) is 10.7 Å². The van der Waals surface area contributed by atoms with Crippen molar-refractivity contribution < 1.29 is 0 Å². The van der Waals surface area contributed by atoms with E-state index in [1.54, 1.807) is 11.3 Å². The first kappa shape index (κ1) is 8.38. The van der Waals surface area contributed by atoms with Crippen molar-refractivity contribution in [2.45, 2.75) is 13.8 Å².